The molecule has 0 spiro atoms. The van der Waals surface area contributed by atoms with Crippen LogP contribution in [0.15, 0.2) is 24.3 Å². The molecule has 0 radical (unpaired) electrons. The monoisotopic (exact) mass is 443 g/mol. The Hall–Kier alpha value is -2.49. The van der Waals surface area contributed by atoms with Gasteiger partial charge in [-0.15, -0.1) is 0 Å². The van der Waals surface area contributed by atoms with Gasteiger partial charge in [-0.1, -0.05) is 12.1 Å². The summed E-state index contributed by atoms with van der Waals surface area (Å²) < 4.78 is 49.6. The third-order valence-corrected chi connectivity index (χ3v) is 6.15. The van der Waals surface area contributed by atoms with Gasteiger partial charge in [0.25, 0.3) is 0 Å². The molecule has 0 unspecified atom stereocenters. The number of amides is 3. The van der Waals surface area contributed by atoms with Crippen LogP contribution in [0.1, 0.15) is 33.2 Å². The van der Waals surface area contributed by atoms with Crippen molar-refractivity contribution in [3.05, 3.63) is 29.8 Å². The molecule has 31 heavy (non-hydrogen) atoms. The van der Waals surface area contributed by atoms with Gasteiger partial charge in [0, 0.05) is 33.5 Å². The first-order valence-electron chi connectivity index (χ1n) is 10.3. The second kappa shape index (κ2) is 7.89. The van der Waals surface area contributed by atoms with Gasteiger partial charge < -0.3 is 24.6 Å². The molecule has 1 N–H and O–H groups in total. The van der Waals surface area contributed by atoms with Crippen LogP contribution in [0.4, 0.5) is 18.0 Å². The first kappa shape index (κ1) is 21.7. The molecule has 0 saturated carbocycles. The van der Waals surface area contributed by atoms with Crippen LogP contribution in [0, 0.1) is 0 Å². The number of urea groups is 1. The van der Waals surface area contributed by atoms with Gasteiger partial charge >= 0.3 is 12.2 Å². The molecule has 1 aromatic carbocycles. The summed E-state index contributed by atoms with van der Waals surface area (Å²) >= 11 is 0. The summed E-state index contributed by atoms with van der Waals surface area (Å²) in [5, 5.41) is 2.88. The van der Waals surface area contributed by atoms with Gasteiger partial charge in [-0.25, -0.2) is 4.79 Å². The van der Waals surface area contributed by atoms with Crippen molar-refractivity contribution in [2.75, 3.05) is 32.8 Å². The zero-order chi connectivity index (χ0) is 22.4. The van der Waals surface area contributed by atoms with Gasteiger partial charge in [0.1, 0.15) is 12.4 Å². The molecule has 1 aromatic rings. The highest BCUT2D eigenvalue weighted by Gasteiger charge is 2.50. The van der Waals surface area contributed by atoms with E-state index in [1.807, 2.05) is 0 Å². The average molecular weight is 443 g/mol. The predicted octanol–water partition coefficient (Wildman–Crippen LogP) is 2.76. The third-order valence-electron chi connectivity index (χ3n) is 6.15. The molecule has 3 fully saturated rings. The van der Waals surface area contributed by atoms with Crippen molar-refractivity contribution in [2.45, 2.75) is 50.1 Å². The number of fused-ring (bicyclic) bond motifs is 1. The summed E-state index contributed by atoms with van der Waals surface area (Å²) in [5.74, 6) is 0.118. The highest BCUT2D eigenvalue weighted by Crippen LogP contribution is 2.35. The topological polar surface area (TPSA) is 71.1 Å². The number of carbonyl (C=O) groups excluding carboxylic acids is 2. The second-order valence-corrected chi connectivity index (χ2v) is 8.82. The average Bonchev–Trinajstić information content (AvgIpc) is 2.66. The van der Waals surface area contributed by atoms with Crippen LogP contribution in [0.5, 0.6) is 5.75 Å². The lowest BCUT2D eigenvalue weighted by molar-refractivity contribution is -0.234. The number of halogens is 3. The smallest absolute Gasteiger partial charge is 0.427 e. The van der Waals surface area contributed by atoms with E-state index in [4.69, 9.17) is 9.47 Å². The zero-order valence-corrected chi connectivity index (χ0v) is 17.4. The SMILES string of the molecule is CC(C)(Oc1ccc(C2CN(C(=O)N3CC[C@@H]4OCC(=O)N[C@@H]4C3)C2)cc1)C(F)(F)F.[HH]. The number of alkyl halides is 3. The Morgan fingerprint density at radius 3 is 2.48 bits per heavy atom. The summed E-state index contributed by atoms with van der Waals surface area (Å²) in [6.07, 6.45) is -3.83. The van der Waals surface area contributed by atoms with E-state index >= 15 is 0 Å². The van der Waals surface area contributed by atoms with Crippen LogP contribution in [0.2, 0.25) is 0 Å². The van der Waals surface area contributed by atoms with Gasteiger partial charge in [-0.05, 0) is 38.0 Å². The normalized spacial score (nSPS) is 24.9. The molecular weight excluding hydrogens is 415 g/mol. The summed E-state index contributed by atoms with van der Waals surface area (Å²) in [5.41, 5.74) is -1.32. The van der Waals surface area contributed by atoms with Gasteiger partial charge in [0.15, 0.2) is 5.60 Å². The number of nitrogens with zero attached hydrogens (tertiary/aromatic N) is 2. The van der Waals surface area contributed by atoms with Crippen LogP contribution < -0.4 is 10.1 Å². The number of rotatable bonds is 3. The number of carbonyl (C=O) groups is 2. The molecule has 0 bridgehead atoms. The predicted molar refractivity (Wildman–Crippen MR) is 107 cm³/mol. The lowest BCUT2D eigenvalue weighted by Gasteiger charge is -2.46. The lowest BCUT2D eigenvalue weighted by atomic mass is 9.91. The van der Waals surface area contributed by atoms with E-state index in [0.29, 0.717) is 32.6 Å². The molecule has 3 heterocycles. The Balaban J connectivity index is 0.00000289. The van der Waals surface area contributed by atoms with Crippen LogP contribution in [-0.4, -0.2) is 78.4 Å². The van der Waals surface area contributed by atoms with Crippen molar-refractivity contribution in [3.8, 4) is 5.75 Å². The third kappa shape index (κ3) is 4.44. The molecule has 3 amide bonds. The highest BCUT2D eigenvalue weighted by molar-refractivity contribution is 5.79. The Bertz CT molecular complexity index is 844. The largest absolute Gasteiger partial charge is 0.478 e. The fourth-order valence-corrected chi connectivity index (χ4v) is 4.08. The molecular formula is C21H28F3N3O4. The van der Waals surface area contributed by atoms with Crippen molar-refractivity contribution in [1.82, 2.24) is 15.1 Å². The molecule has 3 aliphatic heterocycles. The summed E-state index contributed by atoms with van der Waals surface area (Å²) in [4.78, 5) is 27.8. The quantitative estimate of drug-likeness (QED) is 0.780. The molecule has 3 saturated heterocycles. The van der Waals surface area contributed by atoms with Crippen molar-refractivity contribution >= 4 is 11.9 Å². The molecule has 172 valence electrons. The van der Waals surface area contributed by atoms with E-state index in [9.17, 15) is 22.8 Å². The van der Waals surface area contributed by atoms with E-state index in [-0.39, 0.29) is 43.8 Å². The number of hydrogen-bond acceptors (Lipinski definition) is 4. The molecule has 4 rings (SSSR count). The van der Waals surface area contributed by atoms with E-state index in [0.717, 1.165) is 19.4 Å². The lowest BCUT2D eigenvalue weighted by Crippen LogP contribution is -2.63. The molecule has 10 heteroatoms. The number of benzene rings is 1. The molecule has 0 aliphatic carbocycles. The van der Waals surface area contributed by atoms with E-state index in [2.05, 4.69) is 5.32 Å². The molecule has 7 nitrogen and oxygen atoms in total. The standard InChI is InChI=1S/C21H26F3N3O4.H2/c1-20(2,21(22,23)24)31-15-5-3-13(4-6-15)14-9-27(10-14)19(29)26-8-7-17-16(11-26)25-18(28)12-30-17;/h3-6,14,16-17H,7-12H2,1-2H3,(H,25,28);1H/t16-,17+;/m1./s1. The second-order valence-electron chi connectivity index (χ2n) is 8.82. The van der Waals surface area contributed by atoms with E-state index in [1.165, 1.54) is 12.1 Å². The Kier molecular flexibility index (Phi) is 5.53. The molecule has 3 aliphatic rings. The van der Waals surface area contributed by atoms with Gasteiger partial charge in [0.05, 0.1) is 12.1 Å². The van der Waals surface area contributed by atoms with Crippen LogP contribution in [0.25, 0.3) is 0 Å². The van der Waals surface area contributed by atoms with E-state index in [1.54, 1.807) is 21.9 Å². The van der Waals surface area contributed by atoms with Crippen molar-refractivity contribution in [1.29, 1.82) is 0 Å². The fourth-order valence-electron chi connectivity index (χ4n) is 4.08. The number of nitrogens with one attached hydrogen (secondary N) is 1. The Labute approximate surface area is 179 Å². The van der Waals surface area contributed by atoms with Gasteiger partial charge in [-0.3, -0.25) is 4.79 Å². The molecule has 2 atom stereocenters. The summed E-state index contributed by atoms with van der Waals surface area (Å²) in [6, 6.07) is 6.31. The number of piperidine rings is 1. The van der Waals surface area contributed by atoms with Gasteiger partial charge in [-0.2, -0.15) is 13.2 Å². The first-order chi connectivity index (χ1) is 14.5. The van der Waals surface area contributed by atoms with Crippen LogP contribution in [0.3, 0.4) is 0 Å². The number of hydrogen-bond donors (Lipinski definition) is 1. The van der Waals surface area contributed by atoms with Gasteiger partial charge in [0.2, 0.25) is 5.91 Å². The maximum Gasteiger partial charge on any atom is 0.427 e. The minimum absolute atomic E-state index is 0. The Morgan fingerprint density at radius 2 is 1.84 bits per heavy atom. The zero-order valence-electron chi connectivity index (χ0n) is 17.4. The minimum Gasteiger partial charge on any atom is -0.478 e. The van der Waals surface area contributed by atoms with Crippen LogP contribution >= 0.6 is 0 Å². The number of morpholine rings is 1. The van der Waals surface area contributed by atoms with E-state index < -0.39 is 11.8 Å². The maximum atomic E-state index is 13.0. The Morgan fingerprint density at radius 1 is 1.16 bits per heavy atom. The minimum atomic E-state index is -4.47. The first-order valence-corrected chi connectivity index (χ1v) is 10.3. The van der Waals surface area contributed by atoms with Crippen molar-refractivity contribution < 1.29 is 33.7 Å². The summed E-state index contributed by atoms with van der Waals surface area (Å²) in [6.45, 7) is 4.14. The maximum absolute atomic E-state index is 13.0. The molecule has 0 aromatic heterocycles. The highest BCUT2D eigenvalue weighted by atomic mass is 19.4. The van der Waals surface area contributed by atoms with Crippen molar-refractivity contribution in [3.63, 3.8) is 0 Å². The fraction of sp³-hybridized carbons (Fsp3) is 0.619. The summed E-state index contributed by atoms with van der Waals surface area (Å²) in [7, 11) is 0. The number of likely N-dealkylation sites (tertiary alicyclic amines) is 2. The van der Waals surface area contributed by atoms with Crippen molar-refractivity contribution in [2.24, 2.45) is 0 Å². The number of ether oxygens (including phenoxy) is 2. The van der Waals surface area contributed by atoms with Crippen LogP contribution in [-0.2, 0) is 9.53 Å².